The summed E-state index contributed by atoms with van der Waals surface area (Å²) >= 11 is 5.87. The highest BCUT2D eigenvalue weighted by molar-refractivity contribution is 6.30. The number of piperidine rings is 1. The van der Waals surface area contributed by atoms with E-state index in [2.05, 4.69) is 5.10 Å². The van der Waals surface area contributed by atoms with Crippen molar-refractivity contribution in [2.45, 2.75) is 26.3 Å². The highest BCUT2D eigenvalue weighted by Crippen LogP contribution is 2.21. The summed E-state index contributed by atoms with van der Waals surface area (Å²) in [6.07, 6.45) is 5.28. The van der Waals surface area contributed by atoms with Crippen LogP contribution in [0, 0.1) is 17.7 Å². The number of carbonyl (C=O) groups excluding carboxylic acids is 1. The number of nitrogens with zero attached hydrogens (tertiary/aromatic N) is 3. The smallest absolute Gasteiger partial charge is 0.227 e. The largest absolute Gasteiger partial charge is 0.493 e. The van der Waals surface area contributed by atoms with Crippen molar-refractivity contribution < 1.29 is 13.9 Å². The number of rotatable bonds is 6. The Hall–Kier alpha value is -2.08. The summed E-state index contributed by atoms with van der Waals surface area (Å²) in [7, 11) is 0. The van der Waals surface area contributed by atoms with Gasteiger partial charge in [0.15, 0.2) is 0 Å². The van der Waals surface area contributed by atoms with E-state index >= 15 is 0 Å². The third kappa shape index (κ3) is 4.97. The molecule has 0 radical (unpaired) electrons. The molecule has 0 aliphatic carbocycles. The zero-order valence-corrected chi connectivity index (χ0v) is 15.5. The van der Waals surface area contributed by atoms with E-state index in [1.54, 1.807) is 29.2 Å². The number of hydrogen-bond acceptors (Lipinski definition) is 3. The van der Waals surface area contributed by atoms with Crippen molar-refractivity contribution >= 4 is 17.5 Å². The quantitative estimate of drug-likeness (QED) is 0.770. The molecule has 3 rings (SSSR count). The number of likely N-dealkylation sites (tertiary alicyclic amines) is 1. The lowest BCUT2D eigenvalue weighted by molar-refractivity contribution is -0.137. The first-order valence-corrected chi connectivity index (χ1v) is 9.24. The Bertz CT molecular complexity index is 735. The van der Waals surface area contributed by atoms with E-state index in [0.717, 1.165) is 19.4 Å². The van der Waals surface area contributed by atoms with Gasteiger partial charge in [0, 0.05) is 25.2 Å². The van der Waals surface area contributed by atoms with Gasteiger partial charge in [0.1, 0.15) is 11.6 Å². The zero-order valence-electron chi connectivity index (χ0n) is 14.8. The molecule has 7 heteroatoms. The van der Waals surface area contributed by atoms with Gasteiger partial charge in [-0.2, -0.15) is 5.10 Å². The number of aromatic nitrogens is 2. The standard InChI is InChI=1S/C19H23ClFN3O2/c1-14(10-24-12-16(20)9-22-24)19(25)23-8-2-3-15(11-23)13-26-18-6-4-17(21)5-7-18/h4-7,9,12,14-15H,2-3,8,10-11,13H2,1H3/t14-,15+/m1/s1. The van der Waals surface area contributed by atoms with Gasteiger partial charge in [-0.15, -0.1) is 0 Å². The number of halogens is 2. The van der Waals surface area contributed by atoms with Crippen LogP contribution in [-0.4, -0.2) is 40.3 Å². The van der Waals surface area contributed by atoms with E-state index in [1.165, 1.54) is 12.1 Å². The van der Waals surface area contributed by atoms with Crippen LogP contribution in [0.25, 0.3) is 0 Å². The first-order chi connectivity index (χ1) is 12.5. The summed E-state index contributed by atoms with van der Waals surface area (Å²) in [5.41, 5.74) is 0. The average Bonchev–Trinajstić information content (AvgIpc) is 3.05. The second-order valence-electron chi connectivity index (χ2n) is 6.84. The Balaban J connectivity index is 1.50. The molecular formula is C19H23ClFN3O2. The number of benzene rings is 1. The van der Waals surface area contributed by atoms with Gasteiger partial charge in [0.05, 0.1) is 30.3 Å². The second-order valence-corrected chi connectivity index (χ2v) is 7.28. The third-order valence-electron chi connectivity index (χ3n) is 4.61. The second kappa shape index (κ2) is 8.54. The van der Waals surface area contributed by atoms with Gasteiger partial charge in [-0.25, -0.2) is 4.39 Å². The molecule has 1 fully saturated rings. The van der Waals surface area contributed by atoms with Crippen molar-refractivity contribution in [3.8, 4) is 5.75 Å². The number of amides is 1. The molecule has 1 aromatic heterocycles. The molecule has 0 unspecified atom stereocenters. The lowest BCUT2D eigenvalue weighted by atomic mass is 9.97. The fourth-order valence-electron chi connectivity index (χ4n) is 3.25. The molecule has 0 N–H and O–H groups in total. The summed E-state index contributed by atoms with van der Waals surface area (Å²) in [6.45, 7) is 4.41. The molecule has 2 heterocycles. The molecule has 1 aliphatic rings. The maximum Gasteiger partial charge on any atom is 0.227 e. The van der Waals surface area contributed by atoms with Crippen LogP contribution >= 0.6 is 11.6 Å². The minimum Gasteiger partial charge on any atom is -0.493 e. The Kier molecular flexibility index (Phi) is 6.14. The van der Waals surface area contributed by atoms with Crippen molar-refractivity contribution in [1.82, 2.24) is 14.7 Å². The summed E-state index contributed by atoms with van der Waals surface area (Å²) in [6, 6.07) is 6.02. The number of hydrogen-bond donors (Lipinski definition) is 0. The van der Waals surface area contributed by atoms with Crippen LogP contribution in [0.4, 0.5) is 4.39 Å². The van der Waals surface area contributed by atoms with Gasteiger partial charge in [-0.1, -0.05) is 18.5 Å². The van der Waals surface area contributed by atoms with E-state index in [0.29, 0.717) is 30.5 Å². The molecule has 2 aromatic rings. The van der Waals surface area contributed by atoms with Crippen LogP contribution in [0.3, 0.4) is 0 Å². The Morgan fingerprint density at radius 2 is 2.19 bits per heavy atom. The van der Waals surface area contributed by atoms with Crippen molar-refractivity contribution in [3.05, 3.63) is 47.5 Å². The molecule has 1 saturated heterocycles. The predicted molar refractivity (Wildman–Crippen MR) is 97.6 cm³/mol. The van der Waals surface area contributed by atoms with Crippen LogP contribution in [-0.2, 0) is 11.3 Å². The van der Waals surface area contributed by atoms with E-state index in [-0.39, 0.29) is 23.6 Å². The maximum absolute atomic E-state index is 12.9. The van der Waals surface area contributed by atoms with E-state index in [1.807, 2.05) is 11.8 Å². The average molecular weight is 380 g/mol. The zero-order chi connectivity index (χ0) is 18.5. The molecule has 5 nitrogen and oxygen atoms in total. The fourth-order valence-corrected chi connectivity index (χ4v) is 3.41. The van der Waals surface area contributed by atoms with Gasteiger partial charge in [0.25, 0.3) is 0 Å². The van der Waals surface area contributed by atoms with Gasteiger partial charge >= 0.3 is 0 Å². The SMILES string of the molecule is C[C@H](Cn1cc(Cl)cn1)C(=O)N1CCC[C@H](COc2ccc(F)cc2)C1. The van der Waals surface area contributed by atoms with E-state index in [9.17, 15) is 9.18 Å². The Morgan fingerprint density at radius 3 is 2.88 bits per heavy atom. The van der Waals surface area contributed by atoms with Crippen LogP contribution in [0.5, 0.6) is 5.75 Å². The van der Waals surface area contributed by atoms with Crippen molar-refractivity contribution in [1.29, 1.82) is 0 Å². The van der Waals surface area contributed by atoms with Gasteiger partial charge in [-0.05, 0) is 37.1 Å². The highest BCUT2D eigenvalue weighted by atomic mass is 35.5. The molecule has 26 heavy (non-hydrogen) atoms. The normalized spacial score (nSPS) is 18.6. The lowest BCUT2D eigenvalue weighted by Gasteiger charge is -2.34. The first-order valence-electron chi connectivity index (χ1n) is 8.86. The molecule has 1 aliphatic heterocycles. The molecule has 0 spiro atoms. The summed E-state index contributed by atoms with van der Waals surface area (Å²) in [4.78, 5) is 14.7. The minimum atomic E-state index is -0.278. The number of carbonyl (C=O) groups is 1. The van der Waals surface area contributed by atoms with Crippen LogP contribution in [0.1, 0.15) is 19.8 Å². The molecule has 2 atom stereocenters. The van der Waals surface area contributed by atoms with Crippen molar-refractivity contribution in [2.75, 3.05) is 19.7 Å². The number of ether oxygens (including phenoxy) is 1. The molecule has 0 bridgehead atoms. The fraction of sp³-hybridized carbons (Fsp3) is 0.474. The highest BCUT2D eigenvalue weighted by Gasteiger charge is 2.27. The molecular weight excluding hydrogens is 357 g/mol. The van der Waals surface area contributed by atoms with Crippen LogP contribution < -0.4 is 4.74 Å². The third-order valence-corrected chi connectivity index (χ3v) is 4.81. The van der Waals surface area contributed by atoms with E-state index < -0.39 is 0 Å². The molecule has 0 saturated carbocycles. The summed E-state index contributed by atoms with van der Waals surface area (Å²) in [5.74, 6) is 0.618. The topological polar surface area (TPSA) is 47.4 Å². The minimum absolute atomic E-state index is 0.128. The monoisotopic (exact) mass is 379 g/mol. The van der Waals surface area contributed by atoms with Gasteiger partial charge in [0.2, 0.25) is 5.91 Å². The van der Waals surface area contributed by atoms with Crippen LogP contribution in [0.15, 0.2) is 36.7 Å². The van der Waals surface area contributed by atoms with E-state index in [4.69, 9.17) is 16.3 Å². The molecule has 140 valence electrons. The maximum atomic E-state index is 12.9. The summed E-state index contributed by atoms with van der Waals surface area (Å²) in [5, 5.41) is 4.70. The summed E-state index contributed by atoms with van der Waals surface area (Å²) < 4.78 is 20.4. The Labute approximate surface area is 157 Å². The van der Waals surface area contributed by atoms with Gasteiger partial charge < -0.3 is 9.64 Å². The molecule has 1 aromatic carbocycles. The van der Waals surface area contributed by atoms with Gasteiger partial charge in [-0.3, -0.25) is 9.48 Å². The first kappa shape index (κ1) is 18.7. The Morgan fingerprint density at radius 1 is 1.42 bits per heavy atom. The van der Waals surface area contributed by atoms with Crippen LogP contribution in [0.2, 0.25) is 5.02 Å². The lowest BCUT2D eigenvalue weighted by Crippen LogP contribution is -2.44. The van der Waals surface area contributed by atoms with Crippen molar-refractivity contribution in [2.24, 2.45) is 11.8 Å². The van der Waals surface area contributed by atoms with Crippen molar-refractivity contribution in [3.63, 3.8) is 0 Å². The predicted octanol–water partition coefficient (Wildman–Crippen LogP) is 3.63. The molecule has 1 amide bonds.